The minimum Gasteiger partial charge on any atom is -0.496 e. The van der Waals surface area contributed by atoms with Gasteiger partial charge in [-0.15, -0.1) is 0 Å². The van der Waals surface area contributed by atoms with Crippen molar-refractivity contribution in [3.05, 3.63) is 28.3 Å². The predicted octanol–water partition coefficient (Wildman–Crippen LogP) is 2.26. The van der Waals surface area contributed by atoms with E-state index in [1.807, 2.05) is 20.8 Å². The molecule has 1 N–H and O–H groups in total. The molecule has 1 aliphatic rings. The van der Waals surface area contributed by atoms with Crippen molar-refractivity contribution in [1.29, 1.82) is 0 Å². The molecule has 0 bridgehead atoms. The molecular formula is C15H20O4. The number of benzene rings is 1. The first kappa shape index (κ1) is 13.9. The zero-order chi connectivity index (χ0) is 14.2. The molecule has 1 fully saturated rings. The monoisotopic (exact) mass is 264 g/mol. The Morgan fingerprint density at radius 1 is 1.37 bits per heavy atom. The number of hydrogen-bond acceptors (Lipinski definition) is 3. The average Bonchev–Trinajstić information content (AvgIpc) is 2.29. The fourth-order valence-electron chi connectivity index (χ4n) is 2.59. The molecular weight excluding hydrogens is 244 g/mol. The van der Waals surface area contributed by atoms with Gasteiger partial charge in [0.1, 0.15) is 11.2 Å². The van der Waals surface area contributed by atoms with Gasteiger partial charge in [0, 0.05) is 0 Å². The molecule has 19 heavy (non-hydrogen) atoms. The smallest absolute Gasteiger partial charge is 0.314 e. The second kappa shape index (κ2) is 4.85. The number of carboxylic acids is 1. The van der Waals surface area contributed by atoms with Crippen molar-refractivity contribution in [1.82, 2.24) is 0 Å². The third-order valence-electron chi connectivity index (χ3n) is 4.04. The summed E-state index contributed by atoms with van der Waals surface area (Å²) >= 11 is 0. The fourth-order valence-corrected chi connectivity index (χ4v) is 2.59. The molecule has 1 heterocycles. The van der Waals surface area contributed by atoms with Crippen LogP contribution in [0.4, 0.5) is 0 Å². The minimum absolute atomic E-state index is 0.276. The Kier molecular flexibility index (Phi) is 3.54. The van der Waals surface area contributed by atoms with Crippen molar-refractivity contribution in [3.63, 3.8) is 0 Å². The lowest BCUT2D eigenvalue weighted by Gasteiger charge is -2.38. The highest BCUT2D eigenvalue weighted by molar-refractivity contribution is 5.77. The molecule has 0 aliphatic carbocycles. The highest BCUT2D eigenvalue weighted by Crippen LogP contribution is 2.38. The van der Waals surface area contributed by atoms with Crippen LogP contribution in [0.1, 0.15) is 22.3 Å². The number of rotatable bonds is 4. The van der Waals surface area contributed by atoms with Crippen LogP contribution in [0.3, 0.4) is 0 Å². The summed E-state index contributed by atoms with van der Waals surface area (Å²) in [5.74, 6) is 0.0171. The van der Waals surface area contributed by atoms with E-state index in [1.54, 1.807) is 7.11 Å². The van der Waals surface area contributed by atoms with Crippen molar-refractivity contribution < 1.29 is 19.4 Å². The van der Waals surface area contributed by atoms with Gasteiger partial charge in [-0.1, -0.05) is 6.07 Å². The van der Waals surface area contributed by atoms with Gasteiger partial charge >= 0.3 is 5.97 Å². The summed E-state index contributed by atoms with van der Waals surface area (Å²) in [6.45, 7) is 6.59. The molecule has 2 rings (SSSR count). The number of hydrogen-bond donors (Lipinski definition) is 1. The molecule has 104 valence electrons. The molecule has 0 unspecified atom stereocenters. The Hall–Kier alpha value is -1.55. The van der Waals surface area contributed by atoms with E-state index in [0.29, 0.717) is 6.42 Å². The van der Waals surface area contributed by atoms with Gasteiger partial charge < -0.3 is 14.6 Å². The molecule has 0 atom stereocenters. The molecule has 0 amide bonds. The maximum atomic E-state index is 11.4. The van der Waals surface area contributed by atoms with Crippen LogP contribution in [0.25, 0.3) is 0 Å². The van der Waals surface area contributed by atoms with E-state index >= 15 is 0 Å². The van der Waals surface area contributed by atoms with Gasteiger partial charge in [-0.05, 0) is 49.4 Å². The van der Waals surface area contributed by atoms with Crippen molar-refractivity contribution in [3.8, 4) is 5.75 Å². The third-order valence-corrected chi connectivity index (χ3v) is 4.04. The van der Waals surface area contributed by atoms with Crippen LogP contribution in [0.15, 0.2) is 6.07 Å². The normalized spacial score (nSPS) is 16.8. The van der Waals surface area contributed by atoms with E-state index in [1.165, 1.54) is 0 Å². The minimum atomic E-state index is -0.793. The number of methoxy groups -OCH3 is 1. The largest absolute Gasteiger partial charge is 0.496 e. The molecule has 1 saturated heterocycles. The summed E-state index contributed by atoms with van der Waals surface area (Å²) in [4.78, 5) is 11.4. The number of carbonyl (C=O) groups is 1. The van der Waals surface area contributed by atoms with Gasteiger partial charge in [-0.3, -0.25) is 4.79 Å². The van der Waals surface area contributed by atoms with Crippen molar-refractivity contribution in [2.24, 2.45) is 5.41 Å². The Morgan fingerprint density at radius 2 is 2.00 bits per heavy atom. The SMILES string of the molecule is COc1c(C)c(C)cc(C)c1CC1(C(=O)O)COC1. The molecule has 1 aliphatic heterocycles. The zero-order valence-corrected chi connectivity index (χ0v) is 11.9. The van der Waals surface area contributed by atoms with E-state index in [4.69, 9.17) is 9.47 Å². The number of ether oxygens (including phenoxy) is 2. The predicted molar refractivity (Wildman–Crippen MR) is 71.8 cm³/mol. The Morgan fingerprint density at radius 3 is 2.42 bits per heavy atom. The average molecular weight is 264 g/mol. The topological polar surface area (TPSA) is 55.8 Å². The quantitative estimate of drug-likeness (QED) is 0.906. The summed E-state index contributed by atoms with van der Waals surface area (Å²) in [5.41, 5.74) is 3.50. The maximum absolute atomic E-state index is 11.4. The van der Waals surface area contributed by atoms with E-state index in [2.05, 4.69) is 6.07 Å². The van der Waals surface area contributed by atoms with Gasteiger partial charge in [-0.2, -0.15) is 0 Å². The lowest BCUT2D eigenvalue weighted by Crippen LogP contribution is -2.50. The van der Waals surface area contributed by atoms with Gasteiger partial charge in [0.15, 0.2) is 0 Å². The van der Waals surface area contributed by atoms with Crippen LogP contribution in [-0.2, 0) is 16.0 Å². The molecule has 0 aromatic heterocycles. The van der Waals surface area contributed by atoms with Crippen LogP contribution >= 0.6 is 0 Å². The standard InChI is InChI=1S/C15H20O4/c1-9-5-10(2)12(13(18-4)11(9)3)6-15(14(16)17)7-19-8-15/h5H,6-8H2,1-4H3,(H,16,17). The molecule has 0 spiro atoms. The Balaban J connectivity index is 2.45. The van der Waals surface area contributed by atoms with Gasteiger partial charge in [0.2, 0.25) is 0 Å². The van der Waals surface area contributed by atoms with Crippen molar-refractivity contribution in [2.45, 2.75) is 27.2 Å². The summed E-state index contributed by atoms with van der Waals surface area (Å²) in [5, 5.41) is 9.40. The third kappa shape index (κ3) is 2.21. The van der Waals surface area contributed by atoms with E-state index < -0.39 is 11.4 Å². The first-order valence-corrected chi connectivity index (χ1v) is 6.36. The second-order valence-electron chi connectivity index (χ2n) is 5.40. The maximum Gasteiger partial charge on any atom is 0.314 e. The van der Waals surface area contributed by atoms with Crippen LogP contribution in [-0.4, -0.2) is 31.4 Å². The summed E-state index contributed by atoms with van der Waals surface area (Å²) in [7, 11) is 1.63. The Bertz CT molecular complexity index is 515. The molecule has 4 nitrogen and oxygen atoms in total. The van der Waals surface area contributed by atoms with Crippen LogP contribution in [0.2, 0.25) is 0 Å². The highest BCUT2D eigenvalue weighted by Gasteiger charge is 2.47. The fraction of sp³-hybridized carbons (Fsp3) is 0.533. The van der Waals surface area contributed by atoms with Gasteiger partial charge in [-0.25, -0.2) is 0 Å². The second-order valence-corrected chi connectivity index (χ2v) is 5.40. The number of carboxylic acid groups (broad SMARTS) is 1. The van der Waals surface area contributed by atoms with Crippen LogP contribution in [0.5, 0.6) is 5.75 Å². The highest BCUT2D eigenvalue weighted by atomic mass is 16.5. The first-order chi connectivity index (χ1) is 8.91. The van der Waals surface area contributed by atoms with E-state index in [-0.39, 0.29) is 13.2 Å². The number of aryl methyl sites for hydroxylation is 2. The molecule has 1 aromatic carbocycles. The van der Waals surface area contributed by atoms with Crippen LogP contribution < -0.4 is 4.74 Å². The summed E-state index contributed by atoms with van der Waals surface area (Å²) in [6.07, 6.45) is 0.457. The Labute approximate surface area is 113 Å². The van der Waals surface area contributed by atoms with E-state index in [0.717, 1.165) is 28.0 Å². The number of aliphatic carboxylic acids is 1. The summed E-state index contributed by atoms with van der Waals surface area (Å²) < 4.78 is 10.6. The molecule has 1 aromatic rings. The first-order valence-electron chi connectivity index (χ1n) is 6.36. The molecule has 0 saturated carbocycles. The molecule has 4 heteroatoms. The van der Waals surface area contributed by atoms with Gasteiger partial charge in [0.05, 0.1) is 20.3 Å². The van der Waals surface area contributed by atoms with Crippen molar-refractivity contribution in [2.75, 3.05) is 20.3 Å². The van der Waals surface area contributed by atoms with E-state index in [9.17, 15) is 9.90 Å². The zero-order valence-electron chi connectivity index (χ0n) is 11.9. The summed E-state index contributed by atoms with van der Waals surface area (Å²) in [6, 6.07) is 2.09. The lowest BCUT2D eigenvalue weighted by molar-refractivity contribution is -0.179. The van der Waals surface area contributed by atoms with Crippen LogP contribution in [0, 0.1) is 26.2 Å². The molecule has 0 radical (unpaired) electrons. The van der Waals surface area contributed by atoms with Crippen molar-refractivity contribution >= 4 is 5.97 Å². The van der Waals surface area contributed by atoms with Gasteiger partial charge in [0.25, 0.3) is 0 Å². The lowest BCUT2D eigenvalue weighted by atomic mass is 9.78.